The third kappa shape index (κ3) is 5.14. The van der Waals surface area contributed by atoms with Crippen molar-refractivity contribution in [3.63, 3.8) is 0 Å². The molecule has 0 bridgehead atoms. The summed E-state index contributed by atoms with van der Waals surface area (Å²) >= 11 is 6.13. The average Bonchev–Trinajstić information content (AvgIpc) is 3.60. The SMILES string of the molecule is CCCOc1ccccc1C(=O)Nc1cccc2cc(C(=O)Nc3ccc(Cl)cc3-c3nnn[nH]3)[nH]c12. The number of carbonyl (C=O) groups is 2. The lowest BCUT2D eigenvalue weighted by atomic mass is 10.1. The minimum Gasteiger partial charge on any atom is -0.493 e. The number of anilines is 2. The molecule has 2 heterocycles. The fourth-order valence-electron chi connectivity index (χ4n) is 3.85. The zero-order valence-electron chi connectivity index (χ0n) is 19.7. The van der Waals surface area contributed by atoms with Gasteiger partial charge in [-0.25, -0.2) is 5.10 Å². The highest BCUT2D eigenvalue weighted by Crippen LogP contribution is 2.30. The monoisotopic (exact) mass is 515 g/mol. The predicted molar refractivity (Wildman–Crippen MR) is 141 cm³/mol. The van der Waals surface area contributed by atoms with Crippen LogP contribution in [-0.4, -0.2) is 44.0 Å². The van der Waals surface area contributed by atoms with Gasteiger partial charge in [-0.2, -0.15) is 0 Å². The van der Waals surface area contributed by atoms with E-state index in [1.54, 1.807) is 54.6 Å². The molecular formula is C26H22ClN7O3. The van der Waals surface area contributed by atoms with Gasteiger partial charge in [-0.15, -0.1) is 5.10 Å². The van der Waals surface area contributed by atoms with Crippen molar-refractivity contribution in [1.82, 2.24) is 25.6 Å². The number of H-pyrrole nitrogens is 2. The van der Waals surface area contributed by atoms with Gasteiger partial charge in [-0.1, -0.05) is 42.8 Å². The van der Waals surface area contributed by atoms with Crippen LogP contribution in [0, 0.1) is 0 Å². The van der Waals surface area contributed by atoms with E-state index in [2.05, 4.69) is 36.2 Å². The summed E-state index contributed by atoms with van der Waals surface area (Å²) in [6, 6.07) is 19.2. The molecule has 0 saturated heterocycles. The fraction of sp³-hybridized carbons (Fsp3) is 0.115. The van der Waals surface area contributed by atoms with E-state index < -0.39 is 0 Å². The molecule has 0 saturated carbocycles. The van der Waals surface area contributed by atoms with E-state index in [0.717, 1.165) is 11.8 Å². The van der Waals surface area contributed by atoms with Gasteiger partial charge < -0.3 is 20.4 Å². The summed E-state index contributed by atoms with van der Waals surface area (Å²) in [5.41, 5.74) is 2.90. The highest BCUT2D eigenvalue weighted by Gasteiger charge is 2.18. The minimum absolute atomic E-state index is 0.306. The first-order valence-corrected chi connectivity index (χ1v) is 11.9. The number of fused-ring (bicyclic) bond motifs is 1. The molecule has 0 radical (unpaired) electrons. The molecule has 11 heteroatoms. The van der Waals surface area contributed by atoms with E-state index in [9.17, 15) is 9.59 Å². The largest absolute Gasteiger partial charge is 0.493 e. The van der Waals surface area contributed by atoms with Crippen LogP contribution in [0.5, 0.6) is 5.75 Å². The van der Waals surface area contributed by atoms with E-state index in [-0.39, 0.29) is 11.8 Å². The number of rotatable bonds is 8. The molecule has 0 aliphatic carbocycles. The molecule has 2 amide bonds. The van der Waals surface area contributed by atoms with Crippen LogP contribution in [0.25, 0.3) is 22.3 Å². The number of benzene rings is 3. The Morgan fingerprint density at radius 3 is 2.62 bits per heavy atom. The Hall–Kier alpha value is -4.70. The molecule has 5 rings (SSSR count). The van der Waals surface area contributed by atoms with Gasteiger partial charge >= 0.3 is 0 Å². The normalized spacial score (nSPS) is 10.9. The smallest absolute Gasteiger partial charge is 0.272 e. The van der Waals surface area contributed by atoms with Crippen LogP contribution in [0.2, 0.25) is 5.02 Å². The van der Waals surface area contributed by atoms with Crippen molar-refractivity contribution in [1.29, 1.82) is 0 Å². The van der Waals surface area contributed by atoms with Crippen molar-refractivity contribution in [2.45, 2.75) is 13.3 Å². The quantitative estimate of drug-likeness (QED) is 0.221. The van der Waals surface area contributed by atoms with E-state index in [4.69, 9.17) is 16.3 Å². The number of nitrogens with one attached hydrogen (secondary N) is 4. The van der Waals surface area contributed by atoms with Crippen LogP contribution in [0.4, 0.5) is 11.4 Å². The number of nitrogens with zero attached hydrogens (tertiary/aromatic N) is 3. The molecular weight excluding hydrogens is 494 g/mol. The van der Waals surface area contributed by atoms with Crippen LogP contribution in [0.15, 0.2) is 66.7 Å². The first-order chi connectivity index (χ1) is 18.0. The topological polar surface area (TPSA) is 138 Å². The van der Waals surface area contributed by atoms with Crippen molar-refractivity contribution in [3.05, 3.63) is 83.0 Å². The number of ether oxygens (including phenoxy) is 1. The number of hydrogen-bond donors (Lipinski definition) is 4. The number of tetrazole rings is 1. The molecule has 0 fully saturated rings. The molecule has 0 atom stereocenters. The third-order valence-electron chi connectivity index (χ3n) is 5.57. The Morgan fingerprint density at radius 2 is 1.81 bits per heavy atom. The summed E-state index contributed by atoms with van der Waals surface area (Å²) in [7, 11) is 0. The van der Waals surface area contributed by atoms with E-state index >= 15 is 0 Å². The Balaban J connectivity index is 1.40. The summed E-state index contributed by atoms with van der Waals surface area (Å²) in [6.07, 6.45) is 0.829. The van der Waals surface area contributed by atoms with Crippen LogP contribution in [0.1, 0.15) is 34.2 Å². The van der Waals surface area contributed by atoms with Crippen LogP contribution in [0.3, 0.4) is 0 Å². The first-order valence-electron chi connectivity index (χ1n) is 11.5. The first kappa shape index (κ1) is 24.0. The van der Waals surface area contributed by atoms with E-state index in [1.165, 1.54) is 0 Å². The number of aromatic nitrogens is 5. The van der Waals surface area contributed by atoms with Gasteiger partial charge in [0.1, 0.15) is 11.4 Å². The highest BCUT2D eigenvalue weighted by atomic mass is 35.5. The second-order valence-electron chi connectivity index (χ2n) is 8.15. The average molecular weight is 516 g/mol. The molecule has 4 N–H and O–H groups in total. The molecule has 37 heavy (non-hydrogen) atoms. The van der Waals surface area contributed by atoms with Crippen molar-refractivity contribution in [2.75, 3.05) is 17.2 Å². The van der Waals surface area contributed by atoms with Gasteiger partial charge in [-0.05, 0) is 59.3 Å². The van der Waals surface area contributed by atoms with Gasteiger partial charge in [-0.3, -0.25) is 9.59 Å². The highest BCUT2D eigenvalue weighted by molar-refractivity contribution is 6.31. The van der Waals surface area contributed by atoms with Gasteiger partial charge in [0.15, 0.2) is 5.82 Å². The molecule has 0 aliphatic heterocycles. The molecule has 10 nitrogen and oxygen atoms in total. The minimum atomic E-state index is -0.386. The van der Waals surface area contributed by atoms with Gasteiger partial charge in [0.25, 0.3) is 11.8 Å². The number of amides is 2. The van der Waals surface area contributed by atoms with Gasteiger partial charge in [0.2, 0.25) is 0 Å². The molecule has 186 valence electrons. The maximum Gasteiger partial charge on any atom is 0.272 e. The zero-order valence-corrected chi connectivity index (χ0v) is 20.5. The number of carbonyl (C=O) groups excluding carboxylic acids is 2. The molecule has 5 aromatic rings. The zero-order chi connectivity index (χ0) is 25.8. The number of para-hydroxylation sites is 2. The molecule has 3 aromatic carbocycles. The molecule has 2 aromatic heterocycles. The summed E-state index contributed by atoms with van der Waals surface area (Å²) < 4.78 is 5.72. The third-order valence-corrected chi connectivity index (χ3v) is 5.81. The van der Waals surface area contributed by atoms with E-state index in [1.807, 2.05) is 19.1 Å². The standard InChI is InChI=1S/C26H22ClN7O3/c1-2-12-37-22-9-4-3-7-17(22)25(35)30-20-8-5-6-15-13-21(28-23(15)20)26(36)29-19-11-10-16(27)14-18(19)24-31-33-34-32-24/h3-11,13-14,28H,2,12H2,1H3,(H,29,36)(H,30,35)(H,31,32,33,34). The second kappa shape index (κ2) is 10.5. The van der Waals surface area contributed by atoms with Crippen LogP contribution in [-0.2, 0) is 0 Å². The van der Waals surface area contributed by atoms with Gasteiger partial charge in [0.05, 0.1) is 29.1 Å². The lowest BCUT2D eigenvalue weighted by Crippen LogP contribution is -2.14. The van der Waals surface area contributed by atoms with Crippen molar-refractivity contribution in [3.8, 4) is 17.1 Å². The van der Waals surface area contributed by atoms with Crippen LogP contribution < -0.4 is 15.4 Å². The van der Waals surface area contributed by atoms with Crippen molar-refractivity contribution in [2.24, 2.45) is 0 Å². The number of halogens is 1. The second-order valence-corrected chi connectivity index (χ2v) is 8.58. The van der Waals surface area contributed by atoms with Crippen LogP contribution >= 0.6 is 11.6 Å². The molecule has 0 aliphatic rings. The lowest BCUT2D eigenvalue weighted by Gasteiger charge is -2.11. The summed E-state index contributed by atoms with van der Waals surface area (Å²) in [4.78, 5) is 29.4. The fourth-order valence-corrected chi connectivity index (χ4v) is 4.02. The Bertz CT molecular complexity index is 1580. The van der Waals surface area contributed by atoms with Gasteiger partial charge in [0, 0.05) is 16.0 Å². The Morgan fingerprint density at radius 1 is 0.973 bits per heavy atom. The van der Waals surface area contributed by atoms with E-state index in [0.29, 0.717) is 56.9 Å². The Labute approximate surface area is 216 Å². The number of aromatic amines is 2. The maximum absolute atomic E-state index is 13.1. The summed E-state index contributed by atoms with van der Waals surface area (Å²) in [5, 5.41) is 20.8. The summed E-state index contributed by atoms with van der Waals surface area (Å²) in [5.74, 6) is 0.179. The molecule has 0 spiro atoms. The Kier molecular flexibility index (Phi) is 6.82. The summed E-state index contributed by atoms with van der Waals surface area (Å²) in [6.45, 7) is 2.51. The number of hydrogen-bond acceptors (Lipinski definition) is 6. The van der Waals surface area contributed by atoms with Crippen molar-refractivity contribution < 1.29 is 14.3 Å². The molecule has 0 unspecified atom stereocenters. The van der Waals surface area contributed by atoms with Crippen molar-refractivity contribution >= 4 is 45.7 Å². The lowest BCUT2D eigenvalue weighted by molar-refractivity contribution is 0.101. The maximum atomic E-state index is 13.1. The predicted octanol–water partition coefficient (Wildman–Crippen LogP) is 5.29.